The second kappa shape index (κ2) is 5.78. The summed E-state index contributed by atoms with van der Waals surface area (Å²) in [5.41, 5.74) is 2.04. The lowest BCUT2D eigenvalue weighted by atomic mass is 10.1. The molecule has 0 fully saturated rings. The zero-order valence-corrected chi connectivity index (χ0v) is 12.3. The Kier molecular flexibility index (Phi) is 3.65. The Hall–Kier alpha value is -3.39. The van der Waals surface area contributed by atoms with Gasteiger partial charge < -0.3 is 9.73 Å². The number of anilines is 1. The molecule has 1 N–H and O–H groups in total. The number of hydrogen-bond donors (Lipinski definition) is 1. The summed E-state index contributed by atoms with van der Waals surface area (Å²) in [6.45, 7) is 1.40. The number of carbonyl (C=O) groups is 1. The molecule has 112 valence electrons. The van der Waals surface area contributed by atoms with E-state index in [-0.39, 0.29) is 11.3 Å². The van der Waals surface area contributed by atoms with Crippen molar-refractivity contribution in [2.75, 3.05) is 5.32 Å². The van der Waals surface area contributed by atoms with Crippen LogP contribution in [0.2, 0.25) is 0 Å². The minimum Gasteiger partial charge on any atom is -0.456 e. The molecule has 0 aliphatic rings. The van der Waals surface area contributed by atoms with Gasteiger partial charge in [0.1, 0.15) is 11.3 Å². The summed E-state index contributed by atoms with van der Waals surface area (Å²) in [5.74, 6) is 0.224. The molecule has 0 aliphatic heterocycles. The van der Waals surface area contributed by atoms with Crippen molar-refractivity contribution in [3.05, 3.63) is 64.3 Å². The maximum Gasteiger partial charge on any atom is 0.221 e. The molecule has 5 heteroatoms. The average Bonchev–Trinajstić information content (AvgIpc) is 2.55. The highest BCUT2D eigenvalue weighted by molar-refractivity contribution is 5.92. The van der Waals surface area contributed by atoms with E-state index in [1.165, 1.54) is 13.0 Å². The van der Waals surface area contributed by atoms with E-state index in [2.05, 4.69) is 5.32 Å². The van der Waals surface area contributed by atoms with Crippen LogP contribution < -0.4 is 10.7 Å². The van der Waals surface area contributed by atoms with Crippen LogP contribution in [-0.4, -0.2) is 5.91 Å². The molecule has 3 aromatic rings. The molecule has 0 aliphatic carbocycles. The van der Waals surface area contributed by atoms with Crippen LogP contribution >= 0.6 is 0 Å². The predicted molar refractivity (Wildman–Crippen MR) is 86.9 cm³/mol. The van der Waals surface area contributed by atoms with Crippen LogP contribution in [0.25, 0.3) is 22.3 Å². The molecule has 0 unspecified atom stereocenters. The van der Waals surface area contributed by atoms with Crippen molar-refractivity contribution < 1.29 is 9.21 Å². The topological polar surface area (TPSA) is 83.1 Å². The zero-order chi connectivity index (χ0) is 16.4. The maximum absolute atomic E-state index is 12.3. The average molecular weight is 304 g/mol. The van der Waals surface area contributed by atoms with Gasteiger partial charge in [-0.05, 0) is 42.5 Å². The van der Waals surface area contributed by atoms with Gasteiger partial charge in [-0.15, -0.1) is 0 Å². The summed E-state index contributed by atoms with van der Waals surface area (Å²) < 4.78 is 5.77. The largest absolute Gasteiger partial charge is 0.456 e. The number of rotatable bonds is 2. The van der Waals surface area contributed by atoms with E-state index in [0.717, 1.165) is 0 Å². The Labute approximate surface area is 131 Å². The molecule has 1 heterocycles. The number of amides is 1. The van der Waals surface area contributed by atoms with Gasteiger partial charge in [-0.3, -0.25) is 9.59 Å². The molecule has 0 radical (unpaired) electrons. The Bertz CT molecular complexity index is 995. The van der Waals surface area contributed by atoms with Crippen LogP contribution in [0.5, 0.6) is 0 Å². The molecule has 0 saturated heterocycles. The van der Waals surface area contributed by atoms with Crippen molar-refractivity contribution in [2.24, 2.45) is 0 Å². The van der Waals surface area contributed by atoms with E-state index >= 15 is 0 Å². The van der Waals surface area contributed by atoms with Crippen LogP contribution in [0.3, 0.4) is 0 Å². The Morgan fingerprint density at radius 3 is 2.52 bits per heavy atom. The zero-order valence-electron chi connectivity index (χ0n) is 12.3. The Morgan fingerprint density at radius 1 is 1.13 bits per heavy atom. The van der Waals surface area contributed by atoms with E-state index in [4.69, 9.17) is 9.68 Å². The summed E-state index contributed by atoms with van der Waals surface area (Å²) in [6, 6.07) is 15.2. The van der Waals surface area contributed by atoms with E-state index in [1.54, 1.807) is 42.5 Å². The summed E-state index contributed by atoms with van der Waals surface area (Å²) in [5, 5.41) is 11.8. The number of fused-ring (bicyclic) bond motifs is 1. The molecule has 1 aromatic heterocycles. The first-order valence-electron chi connectivity index (χ1n) is 6.93. The Morgan fingerprint density at radius 2 is 1.87 bits per heavy atom. The fraction of sp³-hybridized carbons (Fsp3) is 0.0556. The number of nitrogens with one attached hydrogen (secondary N) is 1. The Balaban J connectivity index is 2.09. The highest BCUT2D eigenvalue weighted by Crippen LogP contribution is 2.24. The van der Waals surface area contributed by atoms with Gasteiger partial charge in [0.2, 0.25) is 5.91 Å². The molecule has 2 aromatic carbocycles. The van der Waals surface area contributed by atoms with E-state index in [0.29, 0.717) is 33.5 Å². The van der Waals surface area contributed by atoms with Crippen molar-refractivity contribution in [2.45, 2.75) is 6.92 Å². The second-order valence-electron chi connectivity index (χ2n) is 5.06. The molecular formula is C18H12N2O3. The molecular weight excluding hydrogens is 292 g/mol. The first-order chi connectivity index (χ1) is 11.1. The third-order valence-corrected chi connectivity index (χ3v) is 3.35. The van der Waals surface area contributed by atoms with Crippen molar-refractivity contribution in [3.8, 4) is 17.4 Å². The minimum absolute atomic E-state index is 0.196. The van der Waals surface area contributed by atoms with Crippen LogP contribution in [0.4, 0.5) is 5.69 Å². The third-order valence-electron chi connectivity index (χ3n) is 3.35. The first kappa shape index (κ1) is 14.5. The fourth-order valence-corrected chi connectivity index (χ4v) is 2.29. The molecule has 0 bridgehead atoms. The van der Waals surface area contributed by atoms with Crippen molar-refractivity contribution in [1.82, 2.24) is 0 Å². The SMILES string of the molecule is CC(=O)Nc1ccc2oc(-c3ccc(C#N)cc3)cc(=O)c2c1. The smallest absolute Gasteiger partial charge is 0.221 e. The minimum atomic E-state index is -0.206. The van der Waals surface area contributed by atoms with E-state index < -0.39 is 0 Å². The standard InChI is InChI=1S/C18H12N2O3/c1-11(21)20-14-6-7-17-15(8-14)16(22)9-18(23-17)13-4-2-12(10-19)3-5-13/h2-9H,1H3,(H,20,21). The molecule has 3 rings (SSSR count). The van der Waals surface area contributed by atoms with Gasteiger partial charge >= 0.3 is 0 Å². The molecule has 5 nitrogen and oxygen atoms in total. The van der Waals surface area contributed by atoms with Gasteiger partial charge in [0, 0.05) is 24.2 Å². The second-order valence-corrected chi connectivity index (χ2v) is 5.06. The van der Waals surface area contributed by atoms with Gasteiger partial charge in [-0.2, -0.15) is 5.26 Å². The van der Waals surface area contributed by atoms with Gasteiger partial charge in [-0.25, -0.2) is 0 Å². The van der Waals surface area contributed by atoms with Gasteiger partial charge in [0.05, 0.1) is 17.0 Å². The normalized spacial score (nSPS) is 10.3. The van der Waals surface area contributed by atoms with E-state index in [9.17, 15) is 9.59 Å². The third kappa shape index (κ3) is 2.97. The van der Waals surface area contributed by atoms with Crippen LogP contribution in [0.15, 0.2) is 57.7 Å². The van der Waals surface area contributed by atoms with Gasteiger partial charge in [0.15, 0.2) is 5.43 Å². The van der Waals surface area contributed by atoms with Crippen LogP contribution in [0, 0.1) is 11.3 Å². The number of benzene rings is 2. The summed E-state index contributed by atoms with van der Waals surface area (Å²) in [4.78, 5) is 23.4. The highest BCUT2D eigenvalue weighted by Gasteiger charge is 2.08. The summed E-state index contributed by atoms with van der Waals surface area (Å²) in [6.07, 6.45) is 0. The van der Waals surface area contributed by atoms with Crippen molar-refractivity contribution in [3.63, 3.8) is 0 Å². The number of hydrogen-bond acceptors (Lipinski definition) is 4. The van der Waals surface area contributed by atoms with Crippen molar-refractivity contribution >= 4 is 22.6 Å². The van der Waals surface area contributed by atoms with Crippen LogP contribution in [0.1, 0.15) is 12.5 Å². The fourth-order valence-electron chi connectivity index (χ4n) is 2.29. The lowest BCUT2D eigenvalue weighted by molar-refractivity contribution is -0.114. The van der Waals surface area contributed by atoms with Crippen LogP contribution in [-0.2, 0) is 4.79 Å². The molecule has 0 atom stereocenters. The number of nitrogens with zero attached hydrogens (tertiary/aromatic N) is 1. The van der Waals surface area contributed by atoms with Gasteiger partial charge in [-0.1, -0.05) is 0 Å². The quantitative estimate of drug-likeness (QED) is 0.787. The first-order valence-corrected chi connectivity index (χ1v) is 6.93. The molecule has 23 heavy (non-hydrogen) atoms. The number of nitriles is 1. The summed E-state index contributed by atoms with van der Waals surface area (Å²) >= 11 is 0. The monoisotopic (exact) mass is 304 g/mol. The lowest BCUT2D eigenvalue weighted by Crippen LogP contribution is -2.07. The highest BCUT2D eigenvalue weighted by atomic mass is 16.3. The molecule has 0 spiro atoms. The lowest BCUT2D eigenvalue weighted by Gasteiger charge is -2.06. The predicted octanol–water partition coefficient (Wildman–Crippen LogP) is 3.29. The molecule has 1 amide bonds. The van der Waals surface area contributed by atoms with Gasteiger partial charge in [0.25, 0.3) is 0 Å². The maximum atomic E-state index is 12.3. The summed E-state index contributed by atoms with van der Waals surface area (Å²) in [7, 11) is 0. The molecule has 0 saturated carbocycles. The number of carbonyl (C=O) groups excluding carboxylic acids is 1. The van der Waals surface area contributed by atoms with Crippen molar-refractivity contribution in [1.29, 1.82) is 5.26 Å². The van der Waals surface area contributed by atoms with E-state index in [1.807, 2.05) is 6.07 Å².